The lowest BCUT2D eigenvalue weighted by atomic mass is 10.1. The molecule has 10 heteroatoms. The predicted octanol–water partition coefficient (Wildman–Crippen LogP) is 3.07. The molecule has 5 nitrogen and oxygen atoms in total. The summed E-state index contributed by atoms with van der Waals surface area (Å²) >= 11 is 0.841. The molecular weight excluding hydrogens is 386 g/mol. The highest BCUT2D eigenvalue weighted by atomic mass is 32.1. The molecule has 0 saturated carbocycles. The number of carbonyl (C=O) groups excluding carboxylic acids is 1. The van der Waals surface area contributed by atoms with Gasteiger partial charge in [0.2, 0.25) is 0 Å². The largest absolute Gasteiger partial charge is 0.417 e. The molecule has 2 aliphatic rings. The van der Waals surface area contributed by atoms with Crippen molar-refractivity contribution in [3.8, 4) is 0 Å². The molecule has 4 rings (SSSR count). The molecule has 4 heterocycles. The van der Waals surface area contributed by atoms with Crippen LogP contribution < -0.4 is 4.90 Å². The molecule has 0 spiro atoms. The Bertz CT molecular complexity index is 881. The topological polar surface area (TPSA) is 56.7 Å². The Kier molecular flexibility index (Phi) is 4.50. The molecule has 2 unspecified atom stereocenters. The summed E-state index contributed by atoms with van der Waals surface area (Å²) < 4.78 is 54.6. The van der Waals surface area contributed by atoms with Crippen LogP contribution in [0.3, 0.4) is 0 Å². The minimum absolute atomic E-state index is 0.00301. The zero-order valence-corrected chi connectivity index (χ0v) is 15.0. The van der Waals surface area contributed by atoms with E-state index in [0.717, 1.165) is 23.8 Å². The van der Waals surface area contributed by atoms with Crippen LogP contribution >= 0.6 is 11.3 Å². The summed E-state index contributed by atoms with van der Waals surface area (Å²) in [6, 6.07) is 0.904. The van der Waals surface area contributed by atoms with E-state index in [1.807, 2.05) is 0 Å². The minimum Gasteiger partial charge on any atom is -0.390 e. The summed E-state index contributed by atoms with van der Waals surface area (Å²) in [5, 5.41) is 10.9. The Labute approximate surface area is 156 Å². The second-order valence-corrected chi connectivity index (χ2v) is 7.70. The third kappa shape index (κ3) is 3.25. The summed E-state index contributed by atoms with van der Waals surface area (Å²) in [7, 11) is 0. The third-order valence-corrected chi connectivity index (χ3v) is 6.02. The Balaban J connectivity index is 1.81. The number of likely N-dealkylation sites (tertiary alicyclic amines) is 1. The number of piperidine rings is 1. The van der Waals surface area contributed by atoms with Crippen LogP contribution in [0.5, 0.6) is 0 Å². The molecule has 2 atom stereocenters. The number of anilines is 1. The van der Waals surface area contributed by atoms with Gasteiger partial charge in [0.05, 0.1) is 34.0 Å². The number of rotatable bonds is 2. The number of hydrogen-bond acceptors (Lipinski definition) is 5. The number of carbonyl (C=O) groups is 1. The fourth-order valence-electron chi connectivity index (χ4n) is 3.31. The van der Waals surface area contributed by atoms with E-state index in [1.165, 1.54) is 10.3 Å². The van der Waals surface area contributed by atoms with Crippen LogP contribution in [0.4, 0.5) is 23.4 Å². The third-order valence-electron chi connectivity index (χ3n) is 5.02. The first-order valence-corrected chi connectivity index (χ1v) is 9.49. The predicted molar refractivity (Wildman–Crippen MR) is 92.9 cm³/mol. The molecule has 1 N–H and O–H groups in total. The van der Waals surface area contributed by atoms with Gasteiger partial charge in [-0.05, 0) is 18.9 Å². The van der Waals surface area contributed by atoms with Crippen LogP contribution in [-0.2, 0) is 6.18 Å². The highest BCUT2D eigenvalue weighted by molar-refractivity contribution is 7.17. The number of hydrogen-bond donors (Lipinski definition) is 1. The molecule has 2 saturated heterocycles. The van der Waals surface area contributed by atoms with Gasteiger partial charge in [-0.1, -0.05) is 0 Å². The molecule has 2 fully saturated rings. The Morgan fingerprint density at radius 3 is 2.63 bits per heavy atom. The smallest absolute Gasteiger partial charge is 0.390 e. The van der Waals surface area contributed by atoms with Gasteiger partial charge in [-0.15, -0.1) is 11.3 Å². The normalized spacial score (nSPS) is 23.6. The highest BCUT2D eigenvalue weighted by Crippen LogP contribution is 2.41. The van der Waals surface area contributed by atoms with Gasteiger partial charge in [-0.2, -0.15) is 13.2 Å². The lowest BCUT2D eigenvalue weighted by Gasteiger charge is -2.33. The Morgan fingerprint density at radius 2 is 2.04 bits per heavy atom. The van der Waals surface area contributed by atoms with Gasteiger partial charge in [0.1, 0.15) is 12.0 Å². The van der Waals surface area contributed by atoms with E-state index in [-0.39, 0.29) is 47.0 Å². The van der Waals surface area contributed by atoms with Crippen LogP contribution in [0.2, 0.25) is 0 Å². The van der Waals surface area contributed by atoms with Crippen LogP contribution in [0.1, 0.15) is 28.8 Å². The maximum atomic E-state index is 13.9. The maximum Gasteiger partial charge on any atom is 0.417 e. The fourth-order valence-corrected chi connectivity index (χ4v) is 4.33. The number of alkyl halides is 4. The fraction of sp³-hybridized carbons (Fsp3) is 0.529. The van der Waals surface area contributed by atoms with Crippen LogP contribution in [0.15, 0.2) is 11.4 Å². The maximum absolute atomic E-state index is 13.9. The van der Waals surface area contributed by atoms with E-state index in [1.54, 1.807) is 4.90 Å². The van der Waals surface area contributed by atoms with Crippen molar-refractivity contribution in [2.45, 2.75) is 31.3 Å². The molecule has 0 aromatic carbocycles. The van der Waals surface area contributed by atoms with Crippen molar-refractivity contribution >= 4 is 33.3 Å². The van der Waals surface area contributed by atoms with E-state index in [4.69, 9.17) is 0 Å². The zero-order valence-electron chi connectivity index (χ0n) is 14.2. The number of halogens is 4. The summed E-state index contributed by atoms with van der Waals surface area (Å²) in [5.74, 6) is -0.358. The molecule has 0 aliphatic carbocycles. The van der Waals surface area contributed by atoms with Gasteiger partial charge >= 0.3 is 6.18 Å². The van der Waals surface area contributed by atoms with Crippen LogP contribution in [-0.4, -0.2) is 59.4 Å². The molecule has 1 amide bonds. The Hall–Kier alpha value is -1.94. The summed E-state index contributed by atoms with van der Waals surface area (Å²) in [5.41, 5.74) is -0.726. The number of nitrogens with zero attached hydrogens (tertiary/aromatic N) is 3. The second-order valence-electron chi connectivity index (χ2n) is 6.82. The SMILES string of the molecule is O=C(c1csc2c(C(F)(F)F)cc(N3CCC(O)C(F)C3)nc12)N1CCC1. The van der Waals surface area contributed by atoms with Crippen molar-refractivity contribution in [2.75, 3.05) is 31.1 Å². The number of thiophene rings is 1. The van der Waals surface area contributed by atoms with Crippen molar-refractivity contribution in [3.05, 3.63) is 22.6 Å². The van der Waals surface area contributed by atoms with Crippen LogP contribution in [0, 0.1) is 0 Å². The van der Waals surface area contributed by atoms with Crippen LogP contribution in [0.25, 0.3) is 10.2 Å². The molecule has 146 valence electrons. The van der Waals surface area contributed by atoms with E-state index >= 15 is 0 Å². The van der Waals surface area contributed by atoms with E-state index in [2.05, 4.69) is 4.98 Å². The average molecular weight is 403 g/mol. The molecule has 27 heavy (non-hydrogen) atoms. The number of amides is 1. The Morgan fingerprint density at radius 1 is 1.30 bits per heavy atom. The summed E-state index contributed by atoms with van der Waals surface area (Å²) in [6.07, 6.45) is -6.34. The summed E-state index contributed by atoms with van der Waals surface area (Å²) in [4.78, 5) is 19.8. The number of fused-ring (bicyclic) bond motifs is 1. The number of pyridine rings is 1. The monoisotopic (exact) mass is 403 g/mol. The van der Waals surface area contributed by atoms with Crippen molar-refractivity contribution in [1.29, 1.82) is 0 Å². The quantitative estimate of drug-likeness (QED) is 0.784. The first-order valence-electron chi connectivity index (χ1n) is 8.61. The van der Waals surface area contributed by atoms with Gasteiger partial charge in [-0.25, -0.2) is 9.37 Å². The van der Waals surface area contributed by atoms with Gasteiger partial charge in [0.15, 0.2) is 0 Å². The molecule has 2 aromatic heterocycles. The average Bonchev–Trinajstić information content (AvgIpc) is 2.97. The van der Waals surface area contributed by atoms with Crippen molar-refractivity contribution in [2.24, 2.45) is 0 Å². The van der Waals surface area contributed by atoms with Crippen molar-refractivity contribution in [3.63, 3.8) is 0 Å². The van der Waals surface area contributed by atoms with Gasteiger partial charge < -0.3 is 14.9 Å². The number of aliphatic hydroxyl groups excluding tert-OH is 1. The lowest BCUT2D eigenvalue weighted by Crippen LogP contribution is -2.45. The molecular formula is C17H17F4N3O2S. The standard InChI is InChI=1S/C17H17F4N3O2S/c18-11-7-24(5-2-12(11)25)13-6-10(17(19,20)21)15-14(22-13)9(8-27-15)16(26)23-3-1-4-23/h6,8,11-12,25H,1-5,7H2. The molecule has 0 bridgehead atoms. The van der Waals surface area contributed by atoms with Gasteiger partial charge in [0, 0.05) is 25.0 Å². The van der Waals surface area contributed by atoms with E-state index in [9.17, 15) is 27.5 Å². The minimum atomic E-state index is -4.62. The number of aromatic nitrogens is 1. The highest BCUT2D eigenvalue weighted by Gasteiger charge is 2.37. The lowest BCUT2D eigenvalue weighted by molar-refractivity contribution is -0.136. The van der Waals surface area contributed by atoms with E-state index in [0.29, 0.717) is 13.1 Å². The van der Waals surface area contributed by atoms with Gasteiger partial charge in [0.25, 0.3) is 5.91 Å². The first kappa shape index (κ1) is 18.4. The van der Waals surface area contributed by atoms with Gasteiger partial charge in [-0.3, -0.25) is 4.79 Å². The molecule has 2 aromatic rings. The van der Waals surface area contributed by atoms with E-state index < -0.39 is 24.0 Å². The molecule has 0 radical (unpaired) electrons. The number of aliphatic hydroxyl groups is 1. The second kappa shape index (κ2) is 6.59. The van der Waals surface area contributed by atoms with Crippen molar-refractivity contribution < 1.29 is 27.5 Å². The molecule has 2 aliphatic heterocycles. The van der Waals surface area contributed by atoms with Crippen molar-refractivity contribution in [1.82, 2.24) is 9.88 Å². The summed E-state index contributed by atoms with van der Waals surface area (Å²) in [6.45, 7) is 1.11. The first-order chi connectivity index (χ1) is 12.8. The zero-order chi connectivity index (χ0) is 19.3.